The van der Waals surface area contributed by atoms with Crippen LogP contribution in [0.15, 0.2) is 41.1 Å². The maximum absolute atomic E-state index is 5.67. The van der Waals surface area contributed by atoms with Crippen LogP contribution in [0.2, 0.25) is 0 Å². The van der Waals surface area contributed by atoms with E-state index in [0.29, 0.717) is 6.54 Å². The number of aryl methyl sites for hydroxylation is 2. The third-order valence-corrected chi connectivity index (χ3v) is 4.31. The van der Waals surface area contributed by atoms with Gasteiger partial charge in [-0.1, -0.05) is 6.07 Å². The zero-order chi connectivity index (χ0) is 14.3. The van der Waals surface area contributed by atoms with Crippen LogP contribution < -0.4 is 5.73 Å². The van der Waals surface area contributed by atoms with Crippen LogP contribution >= 0.6 is 15.9 Å². The zero-order valence-corrected chi connectivity index (χ0v) is 13.1. The topological polar surface area (TPSA) is 43.8 Å². The minimum atomic E-state index is 0.544. The lowest BCUT2D eigenvalue weighted by molar-refractivity contribution is 1.04. The summed E-state index contributed by atoms with van der Waals surface area (Å²) in [6, 6.07) is 10.5. The SMILES string of the molecule is Cc1cc2ncn(-c3ccc(CN)cc3Br)c2cc1C. The highest BCUT2D eigenvalue weighted by Crippen LogP contribution is 2.27. The monoisotopic (exact) mass is 329 g/mol. The minimum absolute atomic E-state index is 0.544. The molecule has 0 aliphatic heterocycles. The van der Waals surface area contributed by atoms with Crippen molar-refractivity contribution in [2.45, 2.75) is 20.4 Å². The molecule has 102 valence electrons. The molecule has 0 bridgehead atoms. The van der Waals surface area contributed by atoms with Crippen molar-refractivity contribution in [2.24, 2.45) is 5.73 Å². The Morgan fingerprint density at radius 1 is 1.15 bits per heavy atom. The lowest BCUT2D eigenvalue weighted by atomic mass is 10.1. The van der Waals surface area contributed by atoms with Crippen LogP contribution in [0.4, 0.5) is 0 Å². The molecular formula is C16H16BrN3. The number of aromatic nitrogens is 2. The van der Waals surface area contributed by atoms with Gasteiger partial charge in [0.15, 0.2) is 0 Å². The summed E-state index contributed by atoms with van der Waals surface area (Å²) in [7, 11) is 0. The molecule has 2 aromatic carbocycles. The van der Waals surface area contributed by atoms with E-state index >= 15 is 0 Å². The van der Waals surface area contributed by atoms with E-state index in [1.165, 1.54) is 11.1 Å². The molecule has 0 saturated heterocycles. The molecule has 0 atom stereocenters. The summed E-state index contributed by atoms with van der Waals surface area (Å²) < 4.78 is 3.13. The average Bonchev–Trinajstić information content (AvgIpc) is 2.82. The highest BCUT2D eigenvalue weighted by atomic mass is 79.9. The quantitative estimate of drug-likeness (QED) is 0.775. The van der Waals surface area contributed by atoms with E-state index in [-0.39, 0.29) is 0 Å². The molecule has 3 nitrogen and oxygen atoms in total. The molecule has 20 heavy (non-hydrogen) atoms. The summed E-state index contributed by atoms with van der Waals surface area (Å²) in [5, 5.41) is 0. The van der Waals surface area contributed by atoms with Gasteiger partial charge in [-0.25, -0.2) is 4.98 Å². The smallest absolute Gasteiger partial charge is 0.100 e. The molecule has 4 heteroatoms. The normalized spacial score (nSPS) is 11.2. The molecule has 3 rings (SSSR count). The number of hydrogen-bond donors (Lipinski definition) is 1. The lowest BCUT2D eigenvalue weighted by Crippen LogP contribution is -1.99. The molecule has 1 aromatic heterocycles. The largest absolute Gasteiger partial charge is 0.326 e. The third-order valence-electron chi connectivity index (χ3n) is 3.67. The van der Waals surface area contributed by atoms with E-state index in [1.807, 2.05) is 12.4 Å². The summed E-state index contributed by atoms with van der Waals surface area (Å²) in [6.07, 6.45) is 1.87. The van der Waals surface area contributed by atoms with Crippen molar-refractivity contribution < 1.29 is 0 Å². The molecule has 0 spiro atoms. The predicted molar refractivity (Wildman–Crippen MR) is 86.1 cm³/mol. The van der Waals surface area contributed by atoms with Gasteiger partial charge in [-0.3, -0.25) is 4.57 Å². The Morgan fingerprint density at radius 3 is 2.60 bits per heavy atom. The Hall–Kier alpha value is -1.65. The molecular weight excluding hydrogens is 314 g/mol. The van der Waals surface area contributed by atoms with Gasteiger partial charge in [0.1, 0.15) is 6.33 Å². The summed E-state index contributed by atoms with van der Waals surface area (Å²) in [5.41, 5.74) is 12.5. The van der Waals surface area contributed by atoms with E-state index in [9.17, 15) is 0 Å². The van der Waals surface area contributed by atoms with Gasteiger partial charge in [-0.2, -0.15) is 0 Å². The maximum atomic E-state index is 5.67. The van der Waals surface area contributed by atoms with Crippen molar-refractivity contribution in [3.8, 4) is 5.69 Å². The number of hydrogen-bond acceptors (Lipinski definition) is 2. The fourth-order valence-corrected chi connectivity index (χ4v) is 2.95. The van der Waals surface area contributed by atoms with Crippen molar-refractivity contribution in [2.75, 3.05) is 0 Å². The molecule has 1 heterocycles. The second-order valence-corrected chi connectivity index (χ2v) is 5.88. The Labute approximate surface area is 126 Å². The van der Waals surface area contributed by atoms with E-state index < -0.39 is 0 Å². The Bertz CT molecular complexity index is 790. The van der Waals surface area contributed by atoms with Gasteiger partial charge in [-0.15, -0.1) is 0 Å². The second-order valence-electron chi connectivity index (χ2n) is 5.03. The number of fused-ring (bicyclic) bond motifs is 1. The first-order valence-electron chi connectivity index (χ1n) is 6.53. The van der Waals surface area contributed by atoms with Crippen LogP contribution in [0.25, 0.3) is 16.7 Å². The number of nitrogens with two attached hydrogens (primary N) is 1. The summed E-state index contributed by atoms with van der Waals surface area (Å²) >= 11 is 3.62. The number of benzene rings is 2. The summed E-state index contributed by atoms with van der Waals surface area (Å²) in [5.74, 6) is 0. The fraction of sp³-hybridized carbons (Fsp3) is 0.188. The number of nitrogens with zero attached hydrogens (tertiary/aromatic N) is 2. The van der Waals surface area contributed by atoms with Gasteiger partial charge in [0, 0.05) is 11.0 Å². The number of halogens is 1. The Balaban J connectivity index is 2.22. The first-order valence-corrected chi connectivity index (χ1v) is 7.32. The van der Waals surface area contributed by atoms with Gasteiger partial charge in [0.05, 0.1) is 16.7 Å². The van der Waals surface area contributed by atoms with Gasteiger partial charge in [-0.05, 0) is 70.7 Å². The van der Waals surface area contributed by atoms with Gasteiger partial charge in [0.2, 0.25) is 0 Å². The minimum Gasteiger partial charge on any atom is -0.326 e. The van der Waals surface area contributed by atoms with Crippen LogP contribution in [-0.2, 0) is 6.54 Å². The van der Waals surface area contributed by atoms with E-state index in [2.05, 4.69) is 63.6 Å². The van der Waals surface area contributed by atoms with Gasteiger partial charge in [0.25, 0.3) is 0 Å². The Kier molecular flexibility index (Phi) is 3.36. The highest BCUT2D eigenvalue weighted by Gasteiger charge is 2.09. The van der Waals surface area contributed by atoms with Crippen molar-refractivity contribution in [3.63, 3.8) is 0 Å². The van der Waals surface area contributed by atoms with Crippen molar-refractivity contribution in [1.29, 1.82) is 0 Å². The zero-order valence-electron chi connectivity index (χ0n) is 11.5. The number of imidazole rings is 1. The second kappa shape index (κ2) is 5.04. The first-order chi connectivity index (χ1) is 9.60. The van der Waals surface area contributed by atoms with Crippen molar-refractivity contribution in [3.05, 3.63) is 57.8 Å². The van der Waals surface area contributed by atoms with E-state index in [1.54, 1.807) is 0 Å². The predicted octanol–water partition coefficient (Wildman–Crippen LogP) is 3.86. The van der Waals surface area contributed by atoms with Crippen molar-refractivity contribution >= 4 is 27.0 Å². The van der Waals surface area contributed by atoms with Crippen LogP contribution in [-0.4, -0.2) is 9.55 Å². The molecule has 0 aliphatic carbocycles. The number of rotatable bonds is 2. The maximum Gasteiger partial charge on any atom is 0.100 e. The van der Waals surface area contributed by atoms with Crippen molar-refractivity contribution in [1.82, 2.24) is 9.55 Å². The third kappa shape index (κ3) is 2.15. The lowest BCUT2D eigenvalue weighted by Gasteiger charge is -2.09. The molecule has 0 amide bonds. The molecule has 0 aliphatic rings. The first kappa shape index (κ1) is 13.3. The fourth-order valence-electron chi connectivity index (χ4n) is 2.33. The molecule has 3 aromatic rings. The van der Waals surface area contributed by atoms with Gasteiger partial charge >= 0.3 is 0 Å². The summed E-state index contributed by atoms with van der Waals surface area (Å²) in [4.78, 5) is 4.50. The molecule has 0 fully saturated rings. The molecule has 0 saturated carbocycles. The van der Waals surface area contributed by atoms with E-state index in [0.717, 1.165) is 26.8 Å². The Morgan fingerprint density at radius 2 is 1.90 bits per heavy atom. The standard InChI is InChI=1S/C16H16BrN3/c1-10-5-14-16(6-11(10)2)20(9-19-14)15-4-3-12(8-18)7-13(15)17/h3-7,9H,8,18H2,1-2H3. The molecule has 0 unspecified atom stereocenters. The van der Waals surface area contributed by atoms with Gasteiger partial charge < -0.3 is 5.73 Å². The average molecular weight is 330 g/mol. The molecule has 0 radical (unpaired) electrons. The summed E-state index contributed by atoms with van der Waals surface area (Å²) in [6.45, 7) is 4.78. The van der Waals surface area contributed by atoms with Crippen LogP contribution in [0.3, 0.4) is 0 Å². The highest BCUT2D eigenvalue weighted by molar-refractivity contribution is 9.10. The van der Waals surface area contributed by atoms with Crippen LogP contribution in [0.1, 0.15) is 16.7 Å². The van der Waals surface area contributed by atoms with E-state index in [4.69, 9.17) is 5.73 Å². The molecule has 2 N–H and O–H groups in total. The van der Waals surface area contributed by atoms with Crippen LogP contribution in [0, 0.1) is 13.8 Å². The van der Waals surface area contributed by atoms with Crippen LogP contribution in [0.5, 0.6) is 0 Å².